The normalized spacial score (nSPS) is 20.9. The second-order valence-corrected chi connectivity index (χ2v) is 7.23. The molecule has 1 aromatic rings. The summed E-state index contributed by atoms with van der Waals surface area (Å²) in [7, 11) is 0. The molecule has 0 spiro atoms. The Morgan fingerprint density at radius 1 is 1.05 bits per heavy atom. The lowest BCUT2D eigenvalue weighted by atomic mass is 9.97. The number of nitrogens with zero attached hydrogens (tertiary/aromatic N) is 1. The second kappa shape index (κ2) is 6.55. The summed E-state index contributed by atoms with van der Waals surface area (Å²) in [6.07, 6.45) is 5.54. The Kier molecular flexibility index (Phi) is 4.77. The molecule has 1 aliphatic carbocycles. The quantitative estimate of drug-likeness (QED) is 0.801. The van der Waals surface area contributed by atoms with Gasteiger partial charge in [-0.1, -0.05) is 12.1 Å². The van der Waals surface area contributed by atoms with E-state index in [0.717, 1.165) is 18.5 Å². The molecule has 2 nitrogen and oxygen atoms in total. The van der Waals surface area contributed by atoms with E-state index in [9.17, 15) is 0 Å². The maximum atomic E-state index is 3.47. The minimum atomic E-state index is 0.870. The van der Waals surface area contributed by atoms with Crippen LogP contribution in [-0.2, 0) is 6.54 Å². The van der Waals surface area contributed by atoms with Crippen molar-refractivity contribution in [2.45, 2.75) is 38.3 Å². The fourth-order valence-electron chi connectivity index (χ4n) is 3.00. The van der Waals surface area contributed by atoms with Crippen LogP contribution in [0.4, 0.5) is 0 Å². The van der Waals surface area contributed by atoms with Crippen molar-refractivity contribution in [1.29, 1.82) is 0 Å². The van der Waals surface area contributed by atoms with Crippen LogP contribution in [0.1, 0.15) is 31.2 Å². The van der Waals surface area contributed by atoms with Crippen LogP contribution in [0.25, 0.3) is 0 Å². The Balaban J connectivity index is 1.59. The highest BCUT2D eigenvalue weighted by Crippen LogP contribution is 2.30. The molecule has 1 saturated heterocycles. The average molecular weight is 370 g/mol. The van der Waals surface area contributed by atoms with Gasteiger partial charge in [-0.05, 0) is 85.0 Å². The van der Waals surface area contributed by atoms with E-state index >= 15 is 0 Å². The van der Waals surface area contributed by atoms with E-state index in [1.54, 1.807) is 0 Å². The van der Waals surface area contributed by atoms with Crippen molar-refractivity contribution in [3.05, 3.63) is 33.4 Å². The Hall–Kier alpha value is -0.130. The van der Waals surface area contributed by atoms with Gasteiger partial charge in [0, 0.05) is 22.7 Å². The molecule has 0 unspecified atom stereocenters. The average Bonchev–Trinajstić information content (AvgIpc) is 3.26. The van der Waals surface area contributed by atoms with Crippen LogP contribution >= 0.6 is 22.6 Å². The van der Waals surface area contributed by atoms with Crippen LogP contribution < -0.4 is 5.32 Å². The summed E-state index contributed by atoms with van der Waals surface area (Å²) in [4.78, 5) is 2.73. The smallest absolute Gasteiger partial charge is 0.0236 e. The number of hydrogen-bond acceptors (Lipinski definition) is 2. The van der Waals surface area contributed by atoms with Gasteiger partial charge in [0.2, 0.25) is 0 Å². The molecule has 3 rings (SSSR count). The van der Waals surface area contributed by atoms with Crippen LogP contribution in [0.15, 0.2) is 24.3 Å². The highest BCUT2D eigenvalue weighted by Gasteiger charge is 2.30. The molecule has 0 bridgehead atoms. The monoisotopic (exact) mass is 370 g/mol. The lowest BCUT2D eigenvalue weighted by Crippen LogP contribution is -2.37. The predicted molar refractivity (Wildman–Crippen MR) is 88.2 cm³/mol. The van der Waals surface area contributed by atoms with E-state index < -0.39 is 0 Å². The maximum absolute atomic E-state index is 3.47. The third kappa shape index (κ3) is 4.17. The summed E-state index contributed by atoms with van der Waals surface area (Å²) in [5.41, 5.74) is 1.47. The summed E-state index contributed by atoms with van der Waals surface area (Å²) in [5.74, 6) is 0.908. The molecule has 104 valence electrons. The minimum Gasteiger partial charge on any atom is -0.317 e. The van der Waals surface area contributed by atoms with Crippen LogP contribution in [0.5, 0.6) is 0 Å². The molecule has 1 saturated carbocycles. The van der Waals surface area contributed by atoms with Gasteiger partial charge in [0.1, 0.15) is 0 Å². The van der Waals surface area contributed by atoms with Crippen LogP contribution in [0.2, 0.25) is 0 Å². The lowest BCUT2D eigenvalue weighted by molar-refractivity contribution is 0.190. The number of rotatable bonds is 5. The van der Waals surface area contributed by atoms with E-state index in [-0.39, 0.29) is 0 Å². The molecule has 3 heteroatoms. The Morgan fingerprint density at radius 3 is 2.37 bits per heavy atom. The second-order valence-electron chi connectivity index (χ2n) is 5.98. The Bertz CT molecular complexity index is 394. The number of halogens is 1. The van der Waals surface area contributed by atoms with Crippen molar-refractivity contribution in [1.82, 2.24) is 10.2 Å². The third-order valence-electron chi connectivity index (χ3n) is 4.31. The first-order valence-electron chi connectivity index (χ1n) is 7.50. The molecular formula is C16H23IN2. The van der Waals surface area contributed by atoms with Gasteiger partial charge in [0.05, 0.1) is 0 Å². The van der Waals surface area contributed by atoms with E-state index in [2.05, 4.69) is 57.1 Å². The number of benzene rings is 1. The zero-order valence-electron chi connectivity index (χ0n) is 11.4. The molecule has 0 aromatic heterocycles. The highest BCUT2D eigenvalue weighted by atomic mass is 127. The van der Waals surface area contributed by atoms with Crippen LogP contribution in [0.3, 0.4) is 0 Å². The molecule has 1 heterocycles. The van der Waals surface area contributed by atoms with Crippen molar-refractivity contribution >= 4 is 22.6 Å². The molecule has 1 aliphatic heterocycles. The third-order valence-corrected chi connectivity index (χ3v) is 5.03. The molecule has 0 amide bonds. The summed E-state index contributed by atoms with van der Waals surface area (Å²) in [6, 6.07) is 9.91. The van der Waals surface area contributed by atoms with Crippen molar-refractivity contribution in [2.24, 2.45) is 5.92 Å². The summed E-state index contributed by atoms with van der Waals surface area (Å²) < 4.78 is 1.33. The molecule has 2 aliphatic rings. The van der Waals surface area contributed by atoms with Crippen molar-refractivity contribution in [2.75, 3.05) is 19.6 Å². The predicted octanol–water partition coefficient (Wildman–Crippen LogP) is 3.26. The molecule has 1 N–H and O–H groups in total. The van der Waals surface area contributed by atoms with Crippen molar-refractivity contribution in [3.63, 3.8) is 0 Å². The minimum absolute atomic E-state index is 0.870. The van der Waals surface area contributed by atoms with Gasteiger partial charge < -0.3 is 5.32 Å². The molecule has 19 heavy (non-hydrogen) atoms. The first-order chi connectivity index (χ1) is 9.31. The zero-order chi connectivity index (χ0) is 13.1. The van der Waals surface area contributed by atoms with E-state index in [1.165, 1.54) is 54.5 Å². The van der Waals surface area contributed by atoms with E-state index in [1.807, 2.05) is 0 Å². The highest BCUT2D eigenvalue weighted by molar-refractivity contribution is 14.1. The summed E-state index contributed by atoms with van der Waals surface area (Å²) in [5, 5.41) is 3.47. The number of hydrogen-bond donors (Lipinski definition) is 1. The Labute approximate surface area is 130 Å². The first kappa shape index (κ1) is 13.8. The summed E-state index contributed by atoms with van der Waals surface area (Å²) >= 11 is 2.38. The van der Waals surface area contributed by atoms with Crippen LogP contribution in [-0.4, -0.2) is 30.6 Å². The van der Waals surface area contributed by atoms with Gasteiger partial charge in [-0.25, -0.2) is 0 Å². The number of piperidine rings is 1. The van der Waals surface area contributed by atoms with Gasteiger partial charge in [0.15, 0.2) is 0 Å². The van der Waals surface area contributed by atoms with Gasteiger partial charge >= 0.3 is 0 Å². The van der Waals surface area contributed by atoms with Gasteiger partial charge in [-0.3, -0.25) is 4.90 Å². The molecular weight excluding hydrogens is 347 g/mol. The van der Waals surface area contributed by atoms with Gasteiger partial charge in [-0.15, -0.1) is 0 Å². The number of nitrogens with one attached hydrogen (secondary N) is 1. The Morgan fingerprint density at radius 2 is 1.74 bits per heavy atom. The SMILES string of the molecule is Ic1ccc(CN(CC2CCNCC2)C2CC2)cc1. The van der Waals surface area contributed by atoms with Crippen LogP contribution in [0, 0.1) is 9.49 Å². The zero-order valence-corrected chi connectivity index (χ0v) is 13.6. The van der Waals surface area contributed by atoms with E-state index in [4.69, 9.17) is 0 Å². The van der Waals surface area contributed by atoms with E-state index in [0.29, 0.717) is 0 Å². The standard InChI is InChI=1S/C16H23IN2/c17-15-3-1-13(2-4-15)11-19(16-5-6-16)12-14-7-9-18-10-8-14/h1-4,14,16,18H,5-12H2. The maximum Gasteiger partial charge on any atom is 0.0236 e. The topological polar surface area (TPSA) is 15.3 Å². The fraction of sp³-hybridized carbons (Fsp3) is 0.625. The summed E-state index contributed by atoms with van der Waals surface area (Å²) in [6.45, 7) is 4.88. The van der Waals surface area contributed by atoms with Gasteiger partial charge in [-0.2, -0.15) is 0 Å². The molecule has 0 atom stereocenters. The largest absolute Gasteiger partial charge is 0.317 e. The molecule has 2 fully saturated rings. The first-order valence-corrected chi connectivity index (χ1v) is 8.58. The molecule has 1 aromatic carbocycles. The van der Waals surface area contributed by atoms with Crippen molar-refractivity contribution in [3.8, 4) is 0 Å². The molecule has 0 radical (unpaired) electrons. The van der Waals surface area contributed by atoms with Gasteiger partial charge in [0.25, 0.3) is 0 Å². The lowest BCUT2D eigenvalue weighted by Gasteiger charge is -2.30. The fourth-order valence-corrected chi connectivity index (χ4v) is 3.36. The van der Waals surface area contributed by atoms with Crippen molar-refractivity contribution < 1.29 is 0 Å².